The zero-order valence-electron chi connectivity index (χ0n) is 12.2. The Labute approximate surface area is 153 Å². The van der Waals surface area contributed by atoms with E-state index in [4.69, 9.17) is 0 Å². The lowest BCUT2D eigenvalue weighted by Gasteiger charge is -2.02. The first-order valence-corrected chi connectivity index (χ1v) is 8.19. The highest BCUT2D eigenvalue weighted by Gasteiger charge is 2.21. The van der Waals surface area contributed by atoms with Gasteiger partial charge in [-0.25, -0.2) is 17.6 Å². The Bertz CT molecular complexity index is 565. The maximum absolute atomic E-state index is 12.6. The summed E-state index contributed by atoms with van der Waals surface area (Å²) in [7, 11) is 0. The van der Waals surface area contributed by atoms with E-state index < -0.39 is 30.4 Å². The third kappa shape index (κ3) is 4.27. The average Bonchev–Trinajstić information content (AvgIpc) is 2.48. The van der Waals surface area contributed by atoms with E-state index in [9.17, 15) is 17.6 Å². The molecule has 0 aliphatic rings. The van der Waals surface area contributed by atoms with Crippen molar-refractivity contribution in [3.63, 3.8) is 0 Å². The molecule has 8 heteroatoms. The van der Waals surface area contributed by atoms with Gasteiger partial charge in [0, 0.05) is 0 Å². The number of rotatable bonds is 0. The van der Waals surface area contributed by atoms with Crippen molar-refractivity contribution in [2.75, 3.05) is 0 Å². The maximum atomic E-state index is 12.6. The van der Waals surface area contributed by atoms with Crippen molar-refractivity contribution in [3.8, 4) is 0 Å². The SMILES string of the molecule is Cc1nc(C)c(C)nc1C.Fc1c(F)c(I)c(F)c(F)c1I. The van der Waals surface area contributed by atoms with Crippen LogP contribution in [0.15, 0.2) is 0 Å². The molecule has 2 rings (SSSR count). The van der Waals surface area contributed by atoms with Crippen LogP contribution in [0, 0.1) is 58.1 Å². The first kappa shape index (κ1) is 19.5. The summed E-state index contributed by atoms with van der Waals surface area (Å²) in [6.45, 7) is 7.92. The zero-order valence-corrected chi connectivity index (χ0v) is 16.5. The van der Waals surface area contributed by atoms with Gasteiger partial charge in [0.25, 0.3) is 0 Å². The molecular formula is C14H12F4I2N2. The Hall–Kier alpha value is -0.520. The molecule has 1 aromatic carbocycles. The highest BCUT2D eigenvalue weighted by molar-refractivity contribution is 14.1. The average molecular weight is 538 g/mol. The number of halogens is 6. The molecule has 0 bridgehead atoms. The lowest BCUT2D eigenvalue weighted by Crippen LogP contribution is -2.02. The molecule has 0 aliphatic heterocycles. The Kier molecular flexibility index (Phi) is 6.96. The normalized spacial score (nSPS) is 10.3. The molecule has 0 N–H and O–H groups in total. The van der Waals surface area contributed by atoms with Crippen molar-refractivity contribution in [2.45, 2.75) is 27.7 Å². The number of benzene rings is 1. The van der Waals surface area contributed by atoms with Crippen LogP contribution in [0.1, 0.15) is 22.8 Å². The first-order chi connectivity index (χ1) is 10.1. The van der Waals surface area contributed by atoms with E-state index in [-0.39, 0.29) is 0 Å². The number of aryl methyl sites for hydroxylation is 4. The van der Waals surface area contributed by atoms with Crippen LogP contribution in [-0.2, 0) is 0 Å². The summed E-state index contributed by atoms with van der Waals surface area (Å²) in [6, 6.07) is 0. The Morgan fingerprint density at radius 1 is 0.545 bits per heavy atom. The standard InChI is InChI=1S/C8H12N2.C6F4I2/c1-5-6(2)10-8(4)7(3)9-5;7-1-2(8)6(12)4(10)3(9)5(1)11/h1-4H3;. The second-order valence-corrected chi connectivity index (χ2v) is 6.61. The summed E-state index contributed by atoms with van der Waals surface area (Å²) in [5.74, 6) is -5.39. The molecule has 2 nitrogen and oxygen atoms in total. The molecule has 0 saturated heterocycles. The first-order valence-electron chi connectivity index (χ1n) is 6.03. The highest BCUT2D eigenvalue weighted by atomic mass is 127. The predicted octanol–water partition coefficient (Wildman–Crippen LogP) is 5.16. The fraction of sp³-hybridized carbons (Fsp3) is 0.286. The number of nitrogens with zero attached hydrogens (tertiary/aromatic N) is 2. The van der Waals surface area contributed by atoms with E-state index in [1.807, 2.05) is 27.7 Å². The summed E-state index contributed by atoms with van der Waals surface area (Å²) < 4.78 is 49.2. The molecule has 1 heterocycles. The van der Waals surface area contributed by atoms with Crippen molar-refractivity contribution in [2.24, 2.45) is 0 Å². The van der Waals surface area contributed by atoms with E-state index in [0.29, 0.717) is 0 Å². The van der Waals surface area contributed by atoms with Crippen molar-refractivity contribution in [1.29, 1.82) is 0 Å². The molecule has 0 aliphatic carbocycles. The number of hydrogen-bond donors (Lipinski definition) is 0. The van der Waals surface area contributed by atoms with Gasteiger partial charge in [0.2, 0.25) is 0 Å². The smallest absolute Gasteiger partial charge is 0.176 e. The van der Waals surface area contributed by atoms with Crippen LogP contribution in [-0.4, -0.2) is 9.97 Å². The summed E-state index contributed by atoms with van der Waals surface area (Å²) in [6.07, 6.45) is 0. The van der Waals surface area contributed by atoms with Crippen molar-refractivity contribution < 1.29 is 17.6 Å². The fourth-order valence-electron chi connectivity index (χ4n) is 1.40. The van der Waals surface area contributed by atoms with E-state index in [0.717, 1.165) is 22.8 Å². The van der Waals surface area contributed by atoms with Crippen LogP contribution in [0.4, 0.5) is 17.6 Å². The van der Waals surface area contributed by atoms with Gasteiger partial charge in [0.15, 0.2) is 23.3 Å². The van der Waals surface area contributed by atoms with Crippen LogP contribution >= 0.6 is 45.2 Å². The second-order valence-electron chi connectivity index (χ2n) is 4.45. The summed E-state index contributed by atoms with van der Waals surface area (Å²) >= 11 is 2.41. The van der Waals surface area contributed by atoms with E-state index in [1.165, 1.54) is 45.2 Å². The minimum absolute atomic E-state index is 0.664. The lowest BCUT2D eigenvalue weighted by atomic mass is 10.3. The molecule has 0 amide bonds. The van der Waals surface area contributed by atoms with Gasteiger partial charge in [0.1, 0.15) is 0 Å². The van der Waals surface area contributed by atoms with E-state index in [1.54, 1.807) is 0 Å². The third-order valence-electron chi connectivity index (χ3n) is 2.87. The van der Waals surface area contributed by atoms with Crippen molar-refractivity contribution in [1.82, 2.24) is 9.97 Å². The molecule has 0 radical (unpaired) electrons. The summed E-state index contributed by atoms with van der Waals surface area (Å²) in [4.78, 5) is 8.62. The molecule has 1 aromatic heterocycles. The van der Waals surface area contributed by atoms with Gasteiger partial charge in [-0.15, -0.1) is 0 Å². The number of hydrogen-bond acceptors (Lipinski definition) is 2. The van der Waals surface area contributed by atoms with Gasteiger partial charge in [-0.2, -0.15) is 0 Å². The Balaban J connectivity index is 0.000000224. The molecule has 120 valence electrons. The van der Waals surface area contributed by atoms with Crippen LogP contribution in [0.2, 0.25) is 0 Å². The van der Waals surface area contributed by atoms with Gasteiger partial charge < -0.3 is 0 Å². The minimum Gasteiger partial charge on any atom is -0.255 e. The van der Waals surface area contributed by atoms with Crippen molar-refractivity contribution >= 4 is 45.2 Å². The molecule has 0 spiro atoms. The van der Waals surface area contributed by atoms with Crippen LogP contribution in [0.25, 0.3) is 0 Å². The Morgan fingerprint density at radius 2 is 0.727 bits per heavy atom. The second kappa shape index (κ2) is 7.84. The minimum atomic E-state index is -1.35. The maximum Gasteiger partial charge on any atom is 0.176 e. The van der Waals surface area contributed by atoms with Gasteiger partial charge in [0.05, 0.1) is 29.9 Å². The zero-order chi connectivity index (χ0) is 17.2. The number of aromatic nitrogens is 2. The van der Waals surface area contributed by atoms with Crippen LogP contribution in [0.3, 0.4) is 0 Å². The van der Waals surface area contributed by atoms with Crippen LogP contribution < -0.4 is 0 Å². The molecule has 2 aromatic rings. The topological polar surface area (TPSA) is 25.8 Å². The molecule has 0 fully saturated rings. The van der Waals surface area contributed by atoms with Gasteiger partial charge in [-0.1, -0.05) is 0 Å². The third-order valence-corrected chi connectivity index (χ3v) is 4.77. The van der Waals surface area contributed by atoms with Gasteiger partial charge in [-0.05, 0) is 72.9 Å². The monoisotopic (exact) mass is 538 g/mol. The van der Waals surface area contributed by atoms with Gasteiger partial charge >= 0.3 is 0 Å². The van der Waals surface area contributed by atoms with Crippen molar-refractivity contribution in [3.05, 3.63) is 53.2 Å². The van der Waals surface area contributed by atoms with Gasteiger partial charge in [-0.3, -0.25) is 9.97 Å². The van der Waals surface area contributed by atoms with E-state index >= 15 is 0 Å². The lowest BCUT2D eigenvalue weighted by molar-refractivity contribution is 0.437. The summed E-state index contributed by atoms with van der Waals surface area (Å²) in [5, 5.41) is 0. The predicted molar refractivity (Wildman–Crippen MR) is 92.7 cm³/mol. The quantitative estimate of drug-likeness (QED) is 0.201. The molecule has 0 unspecified atom stereocenters. The molecular weight excluding hydrogens is 526 g/mol. The summed E-state index contributed by atoms with van der Waals surface area (Å²) in [5.41, 5.74) is 4.12. The highest BCUT2D eigenvalue weighted by Crippen LogP contribution is 2.25. The molecule has 22 heavy (non-hydrogen) atoms. The largest absolute Gasteiger partial charge is 0.255 e. The van der Waals surface area contributed by atoms with Crippen LogP contribution in [0.5, 0.6) is 0 Å². The fourth-order valence-corrected chi connectivity index (χ4v) is 2.35. The Morgan fingerprint density at radius 3 is 0.909 bits per heavy atom. The molecule has 0 atom stereocenters. The van der Waals surface area contributed by atoms with E-state index in [2.05, 4.69) is 9.97 Å². The molecule has 0 saturated carbocycles.